The highest BCUT2D eigenvalue weighted by molar-refractivity contribution is 4.90. The molecule has 0 spiro atoms. The van der Waals surface area contributed by atoms with Gasteiger partial charge in [-0.05, 0) is 6.92 Å². The third kappa shape index (κ3) is 0.992. The Bertz CT molecular complexity index is 124. The maximum atomic E-state index is 12.8. The molecule has 0 amide bonds. The summed E-state index contributed by atoms with van der Waals surface area (Å²) in [6, 6.07) is 0. The van der Waals surface area contributed by atoms with Crippen molar-refractivity contribution in [1.82, 2.24) is 9.80 Å². The number of rotatable bonds is 1. The molecule has 9 heavy (non-hydrogen) atoms. The van der Waals surface area contributed by atoms with Crippen molar-refractivity contribution in [3.05, 3.63) is 12.4 Å². The summed E-state index contributed by atoms with van der Waals surface area (Å²) >= 11 is 0. The largest absolute Gasteiger partial charge is 0.333 e. The van der Waals surface area contributed by atoms with E-state index < -0.39 is 6.42 Å². The first-order valence-corrected chi connectivity index (χ1v) is 3.05. The fraction of sp³-hybridized carbons (Fsp3) is 0.667. The van der Waals surface area contributed by atoms with Crippen molar-refractivity contribution in [1.29, 1.82) is 0 Å². The summed E-state index contributed by atoms with van der Waals surface area (Å²) in [6.07, 6.45) is 2.54. The molecular weight excluding hydrogens is 119 g/mol. The minimum absolute atomic E-state index is 0.724. The van der Waals surface area contributed by atoms with Crippen LogP contribution >= 0.6 is 0 Å². The van der Waals surface area contributed by atoms with E-state index in [1.54, 1.807) is 24.3 Å². The molecule has 1 heterocycles. The van der Waals surface area contributed by atoms with E-state index in [1.165, 1.54) is 4.90 Å². The quantitative estimate of drug-likeness (QED) is 0.488. The monoisotopic (exact) mass is 130 g/mol. The highest BCUT2D eigenvalue weighted by atomic mass is 19.1. The highest BCUT2D eigenvalue weighted by Gasteiger charge is 2.19. The third-order valence-corrected chi connectivity index (χ3v) is 1.47. The number of hydrogen-bond donors (Lipinski definition) is 0. The van der Waals surface area contributed by atoms with Crippen molar-refractivity contribution in [2.45, 2.75) is 13.3 Å². The molecule has 52 valence electrons. The van der Waals surface area contributed by atoms with Gasteiger partial charge in [0, 0.05) is 26.0 Å². The molecule has 0 aromatic rings. The maximum Gasteiger partial charge on any atom is 0.248 e. The molecule has 0 aromatic carbocycles. The van der Waals surface area contributed by atoms with Crippen LogP contribution in [0.25, 0.3) is 0 Å². The van der Waals surface area contributed by atoms with Crippen molar-refractivity contribution in [3.63, 3.8) is 0 Å². The molecule has 3 heteroatoms. The zero-order valence-electron chi connectivity index (χ0n) is 5.71. The van der Waals surface area contributed by atoms with E-state index in [1.807, 2.05) is 6.92 Å². The Morgan fingerprint density at radius 2 is 2.22 bits per heavy atom. The topological polar surface area (TPSA) is 6.48 Å². The van der Waals surface area contributed by atoms with Crippen molar-refractivity contribution in [3.8, 4) is 0 Å². The van der Waals surface area contributed by atoms with Crippen LogP contribution in [0.1, 0.15) is 6.92 Å². The van der Waals surface area contributed by atoms with Gasteiger partial charge in [-0.25, -0.2) is 0 Å². The summed E-state index contributed by atoms with van der Waals surface area (Å²) in [4.78, 5) is 3.16. The first kappa shape index (κ1) is 6.39. The minimum Gasteiger partial charge on any atom is -0.333 e. The van der Waals surface area contributed by atoms with Gasteiger partial charge < -0.3 is 9.80 Å². The van der Waals surface area contributed by atoms with E-state index in [2.05, 4.69) is 0 Å². The van der Waals surface area contributed by atoms with Crippen molar-refractivity contribution in [2.75, 3.05) is 13.6 Å². The van der Waals surface area contributed by atoms with Gasteiger partial charge in [-0.3, -0.25) is 0 Å². The molecule has 0 saturated heterocycles. The molecule has 1 unspecified atom stereocenters. The molecule has 0 fully saturated rings. The van der Waals surface area contributed by atoms with Crippen molar-refractivity contribution in [2.24, 2.45) is 0 Å². The Kier molecular flexibility index (Phi) is 1.60. The number of nitrogens with zero attached hydrogens (tertiary/aromatic N) is 2. The molecule has 0 bridgehead atoms. The minimum atomic E-state index is -0.949. The Hall–Kier alpha value is -0.730. The lowest BCUT2D eigenvalue weighted by molar-refractivity contribution is 0.0483. The number of alkyl halides is 1. The van der Waals surface area contributed by atoms with Crippen LogP contribution in [0.5, 0.6) is 0 Å². The van der Waals surface area contributed by atoms with Crippen molar-refractivity contribution >= 4 is 0 Å². The fourth-order valence-corrected chi connectivity index (χ4v) is 0.823. The molecule has 0 aliphatic carbocycles. The standard InChI is InChI=1S/C6H11FN2/c1-3-9-5-4-8(2)6(9)7/h4-6H,3H2,1-2H3. The predicted octanol–water partition coefficient (Wildman–Crippen LogP) is 0.978. The number of hydrogen-bond acceptors (Lipinski definition) is 2. The van der Waals surface area contributed by atoms with Gasteiger partial charge in [0.05, 0.1) is 0 Å². The van der Waals surface area contributed by atoms with Gasteiger partial charge in [0.1, 0.15) is 0 Å². The molecule has 1 aliphatic rings. The normalized spacial score (nSPS) is 25.9. The van der Waals surface area contributed by atoms with E-state index in [0.29, 0.717) is 0 Å². The highest BCUT2D eigenvalue weighted by Crippen LogP contribution is 2.12. The smallest absolute Gasteiger partial charge is 0.248 e. The lowest BCUT2D eigenvalue weighted by Crippen LogP contribution is -2.31. The SMILES string of the molecule is CCN1C=CN(C)C1F. The summed E-state index contributed by atoms with van der Waals surface area (Å²) in [5, 5.41) is 0. The lowest BCUT2D eigenvalue weighted by Gasteiger charge is -2.21. The molecule has 0 aromatic heterocycles. The molecular formula is C6H11FN2. The zero-order valence-corrected chi connectivity index (χ0v) is 5.71. The number of halogens is 1. The van der Waals surface area contributed by atoms with Crippen LogP contribution in [-0.4, -0.2) is 29.8 Å². The first-order valence-electron chi connectivity index (χ1n) is 3.05. The van der Waals surface area contributed by atoms with Crippen LogP contribution in [-0.2, 0) is 0 Å². The van der Waals surface area contributed by atoms with Gasteiger partial charge in [0.15, 0.2) is 0 Å². The summed E-state index contributed by atoms with van der Waals surface area (Å²) < 4.78 is 12.8. The summed E-state index contributed by atoms with van der Waals surface area (Å²) in [5.74, 6) is 0. The average molecular weight is 130 g/mol. The Labute approximate surface area is 54.6 Å². The van der Waals surface area contributed by atoms with Gasteiger partial charge in [-0.15, -0.1) is 0 Å². The summed E-state index contributed by atoms with van der Waals surface area (Å²) in [6.45, 7) is 2.65. The van der Waals surface area contributed by atoms with Crippen LogP contribution in [0.3, 0.4) is 0 Å². The third-order valence-electron chi connectivity index (χ3n) is 1.47. The Balaban J connectivity index is 2.51. The van der Waals surface area contributed by atoms with Gasteiger partial charge in [-0.1, -0.05) is 0 Å². The van der Waals surface area contributed by atoms with Crippen LogP contribution in [0.2, 0.25) is 0 Å². The van der Waals surface area contributed by atoms with Crippen molar-refractivity contribution < 1.29 is 4.39 Å². The lowest BCUT2D eigenvalue weighted by atomic mass is 10.6. The second-order valence-electron chi connectivity index (χ2n) is 2.10. The van der Waals surface area contributed by atoms with Gasteiger partial charge in [0.2, 0.25) is 6.42 Å². The maximum absolute atomic E-state index is 12.8. The first-order chi connectivity index (χ1) is 4.25. The van der Waals surface area contributed by atoms with E-state index >= 15 is 0 Å². The molecule has 1 aliphatic heterocycles. The van der Waals surface area contributed by atoms with Crippen LogP contribution in [0, 0.1) is 0 Å². The molecule has 0 radical (unpaired) electrons. The molecule has 1 atom stereocenters. The Morgan fingerprint density at radius 1 is 1.56 bits per heavy atom. The second-order valence-corrected chi connectivity index (χ2v) is 2.10. The Morgan fingerprint density at radius 3 is 2.44 bits per heavy atom. The van der Waals surface area contributed by atoms with Crippen LogP contribution in [0.4, 0.5) is 4.39 Å². The summed E-state index contributed by atoms with van der Waals surface area (Å²) in [7, 11) is 1.72. The predicted molar refractivity (Wildman–Crippen MR) is 34.2 cm³/mol. The fourth-order valence-electron chi connectivity index (χ4n) is 0.823. The van der Waals surface area contributed by atoms with E-state index in [0.717, 1.165) is 6.54 Å². The average Bonchev–Trinajstić information content (AvgIpc) is 2.15. The molecule has 0 saturated carbocycles. The van der Waals surface area contributed by atoms with Gasteiger partial charge >= 0.3 is 0 Å². The van der Waals surface area contributed by atoms with Gasteiger partial charge in [0.25, 0.3) is 0 Å². The van der Waals surface area contributed by atoms with Crippen LogP contribution < -0.4 is 0 Å². The molecule has 0 N–H and O–H groups in total. The second kappa shape index (κ2) is 2.25. The van der Waals surface area contributed by atoms with Gasteiger partial charge in [-0.2, -0.15) is 4.39 Å². The molecule has 2 nitrogen and oxygen atoms in total. The molecule has 1 rings (SSSR count). The van der Waals surface area contributed by atoms with Crippen LogP contribution in [0.15, 0.2) is 12.4 Å². The van der Waals surface area contributed by atoms with E-state index in [-0.39, 0.29) is 0 Å². The van der Waals surface area contributed by atoms with E-state index in [4.69, 9.17) is 0 Å². The van der Waals surface area contributed by atoms with E-state index in [9.17, 15) is 4.39 Å². The zero-order chi connectivity index (χ0) is 6.85. The summed E-state index contributed by atoms with van der Waals surface area (Å²) in [5.41, 5.74) is 0.